The second-order valence-electron chi connectivity index (χ2n) is 11.6. The summed E-state index contributed by atoms with van der Waals surface area (Å²) in [6.45, 7) is 4.96. The number of piperidine rings is 1. The highest BCUT2D eigenvalue weighted by molar-refractivity contribution is 7.08. The summed E-state index contributed by atoms with van der Waals surface area (Å²) in [7, 11) is 2.20. The lowest BCUT2D eigenvalue weighted by molar-refractivity contribution is 0.251. The summed E-state index contributed by atoms with van der Waals surface area (Å²) in [6.07, 6.45) is 6.58. The maximum absolute atomic E-state index is 14.0. The van der Waals surface area contributed by atoms with Crippen molar-refractivity contribution in [3.8, 4) is 22.5 Å². The van der Waals surface area contributed by atoms with Crippen molar-refractivity contribution in [2.45, 2.75) is 45.1 Å². The van der Waals surface area contributed by atoms with E-state index in [1.165, 1.54) is 24.9 Å². The van der Waals surface area contributed by atoms with Crippen LogP contribution >= 0.6 is 11.3 Å². The van der Waals surface area contributed by atoms with Crippen molar-refractivity contribution >= 4 is 34.0 Å². The Labute approximate surface area is 243 Å². The molecule has 0 amide bonds. The van der Waals surface area contributed by atoms with Crippen molar-refractivity contribution in [1.82, 2.24) is 24.4 Å². The number of fused-ring (bicyclic) bond motifs is 1. The maximum Gasteiger partial charge on any atom is 0.261 e. The number of anilines is 2. The fraction of sp³-hybridized carbons (Fsp3) is 0.333. The second-order valence-corrected chi connectivity index (χ2v) is 12.4. The molecule has 0 bridgehead atoms. The van der Waals surface area contributed by atoms with E-state index in [1.54, 1.807) is 11.3 Å². The molecule has 2 aliphatic rings. The number of nitrogens with one attached hydrogen (secondary N) is 1. The number of likely N-dealkylation sites (tertiary alicyclic amines) is 1. The van der Waals surface area contributed by atoms with E-state index in [0.29, 0.717) is 35.5 Å². The molecule has 5 heterocycles. The number of hydrogen-bond acceptors (Lipinski definition) is 7. The van der Waals surface area contributed by atoms with Gasteiger partial charge in [0.05, 0.1) is 17.0 Å². The number of rotatable bonds is 7. The van der Waals surface area contributed by atoms with Gasteiger partial charge in [-0.05, 0) is 105 Å². The van der Waals surface area contributed by atoms with E-state index in [9.17, 15) is 4.79 Å². The third-order valence-corrected chi connectivity index (χ3v) is 9.08. The highest BCUT2D eigenvalue weighted by atomic mass is 32.1. The highest BCUT2D eigenvalue weighted by Crippen LogP contribution is 2.33. The molecule has 0 spiro atoms. The Hall–Kier alpha value is -3.88. The van der Waals surface area contributed by atoms with Crippen LogP contribution in [0.25, 0.3) is 33.5 Å². The van der Waals surface area contributed by atoms with Gasteiger partial charge in [0.25, 0.3) is 5.56 Å². The van der Waals surface area contributed by atoms with Gasteiger partial charge in [0, 0.05) is 41.3 Å². The normalized spacial score (nSPS) is 17.7. The zero-order chi connectivity index (χ0) is 27.9. The fourth-order valence-corrected chi connectivity index (χ4v) is 6.55. The molecular formula is C33H34N6OS. The Morgan fingerprint density at radius 1 is 1.05 bits per heavy atom. The Bertz CT molecular complexity index is 1760. The minimum Gasteiger partial charge on any atom is -0.324 e. The number of likely N-dealkylation sites (N-methyl/N-ethyl adjacent to an activating group) is 1. The Morgan fingerprint density at radius 3 is 2.66 bits per heavy atom. The molecule has 8 heteroatoms. The standard InChI is InChI=1S/C33H34N6OS/c1-21-5-12-29(25-13-15-41-20-25)36-30(21)28-16-26-17-34-33(37-31(26)39(32(28)40)18-22-6-7-22)35-27-10-8-23(9-11-27)24-4-3-14-38(2)19-24/h5,8-13,15-17,20,22,24H,3-4,6-7,14,18-19H2,1-2H3,(H,34,35,37). The van der Waals surface area contributed by atoms with Crippen molar-refractivity contribution in [1.29, 1.82) is 0 Å². The summed E-state index contributed by atoms with van der Waals surface area (Å²) >= 11 is 1.64. The zero-order valence-corrected chi connectivity index (χ0v) is 24.3. The van der Waals surface area contributed by atoms with E-state index >= 15 is 0 Å². The van der Waals surface area contributed by atoms with Crippen LogP contribution in [-0.2, 0) is 6.54 Å². The minimum absolute atomic E-state index is 0.0473. The highest BCUT2D eigenvalue weighted by Gasteiger charge is 2.25. The average Bonchev–Trinajstić information content (AvgIpc) is 3.64. The van der Waals surface area contributed by atoms with Crippen LogP contribution in [-0.4, -0.2) is 44.6 Å². The van der Waals surface area contributed by atoms with E-state index in [-0.39, 0.29) is 5.56 Å². The Balaban J connectivity index is 1.23. The first-order valence-electron chi connectivity index (χ1n) is 14.5. The van der Waals surface area contributed by atoms with Gasteiger partial charge in [0.15, 0.2) is 0 Å². The zero-order valence-electron chi connectivity index (χ0n) is 23.5. The van der Waals surface area contributed by atoms with E-state index in [1.807, 2.05) is 41.3 Å². The molecule has 1 aliphatic carbocycles. The molecule has 1 unspecified atom stereocenters. The van der Waals surface area contributed by atoms with E-state index in [0.717, 1.165) is 53.0 Å². The van der Waals surface area contributed by atoms with E-state index < -0.39 is 0 Å². The van der Waals surface area contributed by atoms with Crippen LogP contribution in [0.4, 0.5) is 11.6 Å². The van der Waals surface area contributed by atoms with Gasteiger partial charge < -0.3 is 10.2 Å². The molecule has 7 rings (SSSR count). The summed E-state index contributed by atoms with van der Waals surface area (Å²) in [6, 6.07) is 16.7. The first-order chi connectivity index (χ1) is 20.0. The number of aromatic nitrogens is 4. The van der Waals surface area contributed by atoms with Crippen LogP contribution in [0, 0.1) is 12.8 Å². The molecule has 1 atom stereocenters. The molecule has 4 aromatic heterocycles. The van der Waals surface area contributed by atoms with Crippen LogP contribution < -0.4 is 10.9 Å². The monoisotopic (exact) mass is 562 g/mol. The third kappa shape index (κ3) is 5.42. The number of benzene rings is 1. The van der Waals surface area contributed by atoms with Gasteiger partial charge in [-0.3, -0.25) is 9.36 Å². The minimum atomic E-state index is -0.0473. The molecule has 1 N–H and O–H groups in total. The number of thiophene rings is 1. The van der Waals surface area contributed by atoms with Crippen molar-refractivity contribution in [2.75, 3.05) is 25.5 Å². The lowest BCUT2D eigenvalue weighted by Crippen LogP contribution is -2.30. The molecule has 0 radical (unpaired) electrons. The molecule has 1 saturated heterocycles. The number of nitrogens with zero attached hydrogens (tertiary/aromatic N) is 5. The summed E-state index contributed by atoms with van der Waals surface area (Å²) in [4.78, 5) is 30.9. The molecule has 2 fully saturated rings. The number of hydrogen-bond donors (Lipinski definition) is 1. The molecule has 41 heavy (non-hydrogen) atoms. The van der Waals surface area contributed by atoms with Crippen molar-refractivity contribution < 1.29 is 0 Å². The van der Waals surface area contributed by atoms with E-state index in [2.05, 4.69) is 58.0 Å². The first kappa shape index (κ1) is 26.0. The fourth-order valence-electron chi connectivity index (χ4n) is 5.90. The topological polar surface area (TPSA) is 75.9 Å². The number of pyridine rings is 2. The molecule has 208 valence electrons. The molecule has 1 aliphatic heterocycles. The largest absolute Gasteiger partial charge is 0.324 e. The molecule has 1 saturated carbocycles. The summed E-state index contributed by atoms with van der Waals surface area (Å²) in [5, 5.41) is 8.33. The third-order valence-electron chi connectivity index (χ3n) is 8.40. The molecule has 5 aromatic rings. The molecule has 1 aromatic carbocycles. The SMILES string of the molecule is Cc1ccc(-c2ccsc2)nc1-c1cc2cnc(Nc3ccc(C4CCCN(C)C4)cc3)nc2n(CC2CC2)c1=O. The first-order valence-corrected chi connectivity index (χ1v) is 15.4. The van der Waals surface area contributed by atoms with Crippen LogP contribution in [0.2, 0.25) is 0 Å². The van der Waals surface area contributed by atoms with Gasteiger partial charge in [-0.15, -0.1) is 0 Å². The molecule has 7 nitrogen and oxygen atoms in total. The summed E-state index contributed by atoms with van der Waals surface area (Å²) < 4.78 is 1.84. The van der Waals surface area contributed by atoms with Gasteiger partial charge in [0.2, 0.25) is 5.95 Å². The van der Waals surface area contributed by atoms with Crippen molar-refractivity contribution in [3.63, 3.8) is 0 Å². The van der Waals surface area contributed by atoms with Crippen LogP contribution in [0.1, 0.15) is 42.7 Å². The summed E-state index contributed by atoms with van der Waals surface area (Å²) in [5.74, 6) is 1.58. The second kappa shape index (κ2) is 10.8. The average molecular weight is 563 g/mol. The van der Waals surface area contributed by atoms with Gasteiger partial charge in [-0.1, -0.05) is 18.2 Å². The van der Waals surface area contributed by atoms with Crippen molar-refractivity contribution in [3.05, 3.63) is 87.0 Å². The van der Waals surface area contributed by atoms with Crippen LogP contribution in [0.3, 0.4) is 0 Å². The number of aryl methyl sites for hydroxylation is 1. The lowest BCUT2D eigenvalue weighted by Gasteiger charge is -2.30. The maximum atomic E-state index is 14.0. The van der Waals surface area contributed by atoms with Crippen LogP contribution in [0.5, 0.6) is 0 Å². The quantitative estimate of drug-likeness (QED) is 0.234. The molecular weight excluding hydrogens is 528 g/mol. The Morgan fingerprint density at radius 2 is 1.90 bits per heavy atom. The van der Waals surface area contributed by atoms with Gasteiger partial charge >= 0.3 is 0 Å². The van der Waals surface area contributed by atoms with Gasteiger partial charge in [-0.25, -0.2) is 9.97 Å². The predicted octanol–water partition coefficient (Wildman–Crippen LogP) is 6.85. The van der Waals surface area contributed by atoms with E-state index in [4.69, 9.17) is 9.97 Å². The van der Waals surface area contributed by atoms with Gasteiger partial charge in [-0.2, -0.15) is 16.3 Å². The summed E-state index contributed by atoms with van der Waals surface area (Å²) in [5.41, 5.74) is 7.16. The predicted molar refractivity (Wildman–Crippen MR) is 167 cm³/mol. The Kier molecular flexibility index (Phi) is 6.88. The lowest BCUT2D eigenvalue weighted by atomic mass is 9.91. The van der Waals surface area contributed by atoms with Crippen LogP contribution in [0.15, 0.2) is 70.3 Å². The smallest absolute Gasteiger partial charge is 0.261 e. The van der Waals surface area contributed by atoms with Crippen molar-refractivity contribution in [2.24, 2.45) is 5.92 Å². The van der Waals surface area contributed by atoms with Gasteiger partial charge in [0.1, 0.15) is 5.65 Å².